The first-order chi connectivity index (χ1) is 13.0. The molecule has 0 aromatic heterocycles. The molecule has 2 aromatic carbocycles. The fourth-order valence-electron chi connectivity index (χ4n) is 2.46. The summed E-state index contributed by atoms with van der Waals surface area (Å²) in [5.41, 5.74) is 1.86. The zero-order valence-electron chi connectivity index (χ0n) is 16.4. The lowest BCUT2D eigenvalue weighted by atomic mass is 10.2. The third kappa shape index (κ3) is 6.40. The van der Waals surface area contributed by atoms with Crippen LogP contribution in [0.1, 0.15) is 25.0 Å². The van der Waals surface area contributed by atoms with Gasteiger partial charge in [0.1, 0.15) is 5.75 Å². The molecule has 0 saturated heterocycles. The summed E-state index contributed by atoms with van der Waals surface area (Å²) in [6, 6.07) is 13.0. The number of hydrogen-bond donors (Lipinski definition) is 2. The van der Waals surface area contributed by atoms with Crippen LogP contribution in [0.2, 0.25) is 0 Å². The standard InChI is InChI=1S/C21H28N2O4/c1-15(2)14-27-18-8-6-5-7-17(18)13-23-21(24)22-12-16-9-10-19(25-3)20(11-16)26-4/h5-11,15H,12-14H2,1-4H3,(H2,22,23,24). The van der Waals surface area contributed by atoms with Gasteiger partial charge in [-0.1, -0.05) is 38.1 Å². The minimum Gasteiger partial charge on any atom is -0.493 e. The molecule has 0 radical (unpaired) electrons. The highest BCUT2D eigenvalue weighted by molar-refractivity contribution is 5.74. The van der Waals surface area contributed by atoms with Crippen LogP contribution < -0.4 is 24.8 Å². The first-order valence-corrected chi connectivity index (χ1v) is 8.96. The zero-order chi connectivity index (χ0) is 19.6. The van der Waals surface area contributed by atoms with E-state index in [9.17, 15) is 4.79 Å². The number of benzene rings is 2. The second-order valence-corrected chi connectivity index (χ2v) is 6.54. The number of carbonyl (C=O) groups is 1. The van der Waals surface area contributed by atoms with Crippen LogP contribution in [0.5, 0.6) is 17.2 Å². The molecular formula is C21H28N2O4. The van der Waals surface area contributed by atoms with Crippen molar-refractivity contribution < 1.29 is 19.0 Å². The molecule has 2 rings (SSSR count). The molecule has 0 aliphatic rings. The summed E-state index contributed by atoms with van der Waals surface area (Å²) in [5, 5.41) is 5.70. The van der Waals surface area contributed by atoms with Gasteiger partial charge in [0.25, 0.3) is 0 Å². The molecule has 0 aliphatic carbocycles. The number of rotatable bonds is 9. The lowest BCUT2D eigenvalue weighted by Gasteiger charge is -2.14. The molecule has 146 valence electrons. The van der Waals surface area contributed by atoms with E-state index in [-0.39, 0.29) is 6.03 Å². The van der Waals surface area contributed by atoms with Gasteiger partial charge in [0.2, 0.25) is 0 Å². The molecule has 6 heteroatoms. The molecule has 0 aliphatic heterocycles. The van der Waals surface area contributed by atoms with Gasteiger partial charge in [-0.3, -0.25) is 0 Å². The van der Waals surface area contributed by atoms with Gasteiger partial charge >= 0.3 is 6.03 Å². The molecule has 6 nitrogen and oxygen atoms in total. The largest absolute Gasteiger partial charge is 0.493 e. The van der Waals surface area contributed by atoms with Crippen molar-refractivity contribution in [1.29, 1.82) is 0 Å². The van der Waals surface area contributed by atoms with E-state index in [1.807, 2.05) is 42.5 Å². The molecule has 0 saturated carbocycles. The molecule has 0 bridgehead atoms. The molecular weight excluding hydrogens is 344 g/mol. The van der Waals surface area contributed by atoms with Crippen molar-refractivity contribution in [2.24, 2.45) is 5.92 Å². The van der Waals surface area contributed by atoms with Crippen LogP contribution >= 0.6 is 0 Å². The fourth-order valence-corrected chi connectivity index (χ4v) is 2.46. The summed E-state index contributed by atoms with van der Waals surface area (Å²) in [6.07, 6.45) is 0. The van der Waals surface area contributed by atoms with Gasteiger partial charge in [-0.25, -0.2) is 4.79 Å². The van der Waals surface area contributed by atoms with Gasteiger partial charge in [0.05, 0.1) is 20.8 Å². The maximum absolute atomic E-state index is 12.1. The fraction of sp³-hybridized carbons (Fsp3) is 0.381. The number of methoxy groups -OCH3 is 2. The van der Waals surface area contributed by atoms with E-state index in [4.69, 9.17) is 14.2 Å². The Labute approximate surface area is 160 Å². The molecule has 27 heavy (non-hydrogen) atoms. The number of carbonyl (C=O) groups excluding carboxylic acids is 1. The zero-order valence-corrected chi connectivity index (χ0v) is 16.4. The Balaban J connectivity index is 1.86. The van der Waals surface area contributed by atoms with Crippen molar-refractivity contribution in [3.63, 3.8) is 0 Å². The number of urea groups is 1. The van der Waals surface area contributed by atoms with Crippen molar-refractivity contribution in [2.75, 3.05) is 20.8 Å². The van der Waals surface area contributed by atoms with Gasteiger partial charge in [-0.05, 0) is 29.7 Å². The number of para-hydroxylation sites is 1. The quantitative estimate of drug-likeness (QED) is 0.704. The van der Waals surface area contributed by atoms with Gasteiger partial charge in [0, 0.05) is 18.7 Å². The average Bonchev–Trinajstić information content (AvgIpc) is 2.69. The topological polar surface area (TPSA) is 68.8 Å². The smallest absolute Gasteiger partial charge is 0.315 e. The Hall–Kier alpha value is -2.89. The van der Waals surface area contributed by atoms with Crippen LogP contribution in [-0.4, -0.2) is 26.9 Å². The second-order valence-electron chi connectivity index (χ2n) is 6.54. The minimum absolute atomic E-state index is 0.247. The normalized spacial score (nSPS) is 10.4. The summed E-state index contributed by atoms with van der Waals surface area (Å²) in [6.45, 7) is 5.62. The molecule has 0 spiro atoms. The minimum atomic E-state index is -0.247. The molecule has 0 fully saturated rings. The molecule has 2 amide bonds. The summed E-state index contributed by atoms with van der Waals surface area (Å²) in [7, 11) is 3.17. The number of hydrogen-bond acceptors (Lipinski definition) is 4. The lowest BCUT2D eigenvalue weighted by molar-refractivity contribution is 0.239. The van der Waals surface area contributed by atoms with E-state index < -0.39 is 0 Å². The third-order valence-electron chi connectivity index (χ3n) is 3.89. The van der Waals surface area contributed by atoms with Crippen molar-refractivity contribution in [3.8, 4) is 17.2 Å². The third-order valence-corrected chi connectivity index (χ3v) is 3.89. The highest BCUT2D eigenvalue weighted by Crippen LogP contribution is 2.27. The predicted molar refractivity (Wildman–Crippen MR) is 105 cm³/mol. The molecule has 2 N–H and O–H groups in total. The Morgan fingerprint density at radius 1 is 0.926 bits per heavy atom. The predicted octanol–water partition coefficient (Wildman–Crippen LogP) is 3.74. The summed E-state index contributed by atoms with van der Waals surface area (Å²) in [5.74, 6) is 2.53. The van der Waals surface area contributed by atoms with E-state index in [2.05, 4.69) is 24.5 Å². The van der Waals surface area contributed by atoms with Crippen LogP contribution in [-0.2, 0) is 13.1 Å². The Morgan fingerprint density at radius 2 is 1.63 bits per heavy atom. The Morgan fingerprint density at radius 3 is 2.33 bits per heavy atom. The van der Waals surface area contributed by atoms with E-state index in [0.717, 1.165) is 16.9 Å². The Bertz CT molecular complexity index is 747. The molecule has 0 unspecified atom stereocenters. The van der Waals surface area contributed by atoms with Crippen LogP contribution in [0.4, 0.5) is 4.79 Å². The van der Waals surface area contributed by atoms with Crippen molar-refractivity contribution in [3.05, 3.63) is 53.6 Å². The van der Waals surface area contributed by atoms with Crippen LogP contribution in [0.3, 0.4) is 0 Å². The first kappa shape index (κ1) is 20.4. The van der Waals surface area contributed by atoms with Gasteiger partial charge in [0.15, 0.2) is 11.5 Å². The maximum atomic E-state index is 12.1. The summed E-state index contributed by atoms with van der Waals surface area (Å²) < 4.78 is 16.3. The van der Waals surface area contributed by atoms with Crippen molar-refractivity contribution >= 4 is 6.03 Å². The highest BCUT2D eigenvalue weighted by atomic mass is 16.5. The van der Waals surface area contributed by atoms with Gasteiger partial charge < -0.3 is 24.8 Å². The van der Waals surface area contributed by atoms with Crippen LogP contribution in [0, 0.1) is 5.92 Å². The van der Waals surface area contributed by atoms with E-state index in [1.165, 1.54) is 0 Å². The SMILES string of the molecule is COc1ccc(CNC(=O)NCc2ccccc2OCC(C)C)cc1OC. The van der Waals surface area contributed by atoms with E-state index in [0.29, 0.717) is 37.1 Å². The first-order valence-electron chi connectivity index (χ1n) is 8.96. The molecule has 0 heterocycles. The average molecular weight is 372 g/mol. The van der Waals surface area contributed by atoms with Gasteiger partial charge in [-0.15, -0.1) is 0 Å². The van der Waals surface area contributed by atoms with Crippen molar-refractivity contribution in [1.82, 2.24) is 10.6 Å². The monoisotopic (exact) mass is 372 g/mol. The van der Waals surface area contributed by atoms with Crippen molar-refractivity contribution in [2.45, 2.75) is 26.9 Å². The summed E-state index contributed by atoms with van der Waals surface area (Å²) in [4.78, 5) is 12.1. The number of nitrogens with one attached hydrogen (secondary N) is 2. The molecule has 0 atom stereocenters. The Kier molecular flexibility index (Phi) is 7.79. The highest BCUT2D eigenvalue weighted by Gasteiger charge is 2.08. The van der Waals surface area contributed by atoms with E-state index >= 15 is 0 Å². The van der Waals surface area contributed by atoms with Gasteiger partial charge in [-0.2, -0.15) is 0 Å². The number of amides is 2. The second kappa shape index (κ2) is 10.3. The number of ether oxygens (including phenoxy) is 3. The lowest BCUT2D eigenvalue weighted by Crippen LogP contribution is -2.34. The van der Waals surface area contributed by atoms with Crippen LogP contribution in [0.15, 0.2) is 42.5 Å². The summed E-state index contributed by atoms with van der Waals surface area (Å²) >= 11 is 0. The van der Waals surface area contributed by atoms with Crippen LogP contribution in [0.25, 0.3) is 0 Å². The van der Waals surface area contributed by atoms with E-state index in [1.54, 1.807) is 14.2 Å². The molecule has 2 aromatic rings. The maximum Gasteiger partial charge on any atom is 0.315 e.